The van der Waals surface area contributed by atoms with Gasteiger partial charge in [0.1, 0.15) is 28.5 Å². The van der Waals surface area contributed by atoms with Gasteiger partial charge in [0.2, 0.25) is 5.91 Å². The van der Waals surface area contributed by atoms with E-state index in [2.05, 4.69) is 33.5 Å². The van der Waals surface area contributed by atoms with E-state index in [0.29, 0.717) is 18.9 Å². The van der Waals surface area contributed by atoms with Gasteiger partial charge in [0.15, 0.2) is 0 Å². The normalized spacial score (nSPS) is 10.8. The van der Waals surface area contributed by atoms with Gasteiger partial charge in [-0.25, -0.2) is 9.97 Å². The van der Waals surface area contributed by atoms with Gasteiger partial charge >= 0.3 is 0 Å². The molecule has 2 aromatic heterocycles. The minimum absolute atomic E-state index is 0.0445. The Morgan fingerprint density at radius 3 is 2.59 bits per heavy atom. The Kier molecular flexibility index (Phi) is 6.38. The quantitative estimate of drug-likeness (QED) is 0.255. The van der Waals surface area contributed by atoms with E-state index in [1.807, 2.05) is 48.5 Å². The van der Waals surface area contributed by atoms with Crippen molar-refractivity contribution in [2.24, 2.45) is 0 Å². The molecule has 0 radical (unpaired) electrons. The highest BCUT2D eigenvalue weighted by Gasteiger charge is 2.12. The Balaban J connectivity index is 1.32. The number of aromatic nitrogens is 2. The molecule has 0 bridgehead atoms. The number of hydrogen-bond donors (Lipinski definition) is 1. The van der Waals surface area contributed by atoms with Crippen molar-refractivity contribution in [2.75, 3.05) is 18.9 Å². The number of hydrogen-bond acceptors (Lipinski definition) is 6. The van der Waals surface area contributed by atoms with Crippen LogP contribution in [-0.4, -0.2) is 34.8 Å². The van der Waals surface area contributed by atoms with Gasteiger partial charge in [-0.1, -0.05) is 60.3 Å². The van der Waals surface area contributed by atoms with Crippen molar-refractivity contribution in [1.82, 2.24) is 15.3 Å². The van der Waals surface area contributed by atoms with Crippen LogP contribution >= 0.6 is 23.1 Å². The van der Waals surface area contributed by atoms with Crippen LogP contribution in [-0.2, 0) is 4.79 Å². The number of ether oxygens (including phenoxy) is 1. The molecule has 0 saturated carbocycles. The molecule has 0 aliphatic carbocycles. The largest absolute Gasteiger partial charge is 0.492 e. The number of carbonyl (C=O) groups excluding carboxylic acids is 1. The number of rotatable bonds is 8. The molecule has 4 aromatic rings. The van der Waals surface area contributed by atoms with Gasteiger partial charge in [-0.2, -0.15) is 0 Å². The molecule has 4 rings (SSSR count). The van der Waals surface area contributed by atoms with E-state index in [1.165, 1.54) is 11.8 Å². The first-order valence-corrected chi connectivity index (χ1v) is 11.0. The molecule has 1 N–H and O–H groups in total. The molecule has 1 amide bonds. The average Bonchev–Trinajstić information content (AvgIpc) is 3.22. The monoisotopic (exact) mass is 421 g/mol. The molecule has 0 aliphatic heterocycles. The second kappa shape index (κ2) is 9.54. The number of nitrogens with one attached hydrogen (secondary N) is 1. The van der Waals surface area contributed by atoms with Gasteiger partial charge in [-0.3, -0.25) is 4.79 Å². The van der Waals surface area contributed by atoms with Crippen molar-refractivity contribution in [1.29, 1.82) is 0 Å². The van der Waals surface area contributed by atoms with Crippen LogP contribution in [0.2, 0.25) is 0 Å². The molecule has 2 aromatic carbocycles. The summed E-state index contributed by atoms with van der Waals surface area (Å²) >= 11 is 3.06. The van der Waals surface area contributed by atoms with Crippen LogP contribution in [0, 0.1) is 0 Å². The lowest BCUT2D eigenvalue weighted by Crippen LogP contribution is -2.29. The number of carbonyl (C=O) groups is 1. The third-order valence-electron chi connectivity index (χ3n) is 4.13. The van der Waals surface area contributed by atoms with Gasteiger partial charge in [-0.05, 0) is 23.8 Å². The van der Waals surface area contributed by atoms with Crippen molar-refractivity contribution in [3.8, 4) is 16.2 Å². The van der Waals surface area contributed by atoms with Crippen LogP contribution in [0.3, 0.4) is 0 Å². The fourth-order valence-electron chi connectivity index (χ4n) is 2.75. The smallest absolute Gasteiger partial charge is 0.230 e. The Morgan fingerprint density at radius 2 is 1.79 bits per heavy atom. The molecule has 0 unspecified atom stereocenters. The second-order valence-electron chi connectivity index (χ2n) is 6.17. The lowest BCUT2D eigenvalue weighted by Gasteiger charge is -2.07. The van der Waals surface area contributed by atoms with E-state index >= 15 is 0 Å². The molecular weight excluding hydrogens is 402 g/mol. The number of fused-ring (bicyclic) bond motifs is 1. The van der Waals surface area contributed by atoms with Crippen LogP contribution < -0.4 is 10.1 Å². The standard InChI is InChI=1S/C22H19N3O2S2/c26-20(23-11-12-27-17-9-5-2-6-10-17)14-28-21-18-13-19(16-7-3-1-4-8-16)29-22(18)25-15-24-21/h1-10,13,15H,11-12,14H2,(H,23,26). The zero-order valence-corrected chi connectivity index (χ0v) is 17.2. The van der Waals surface area contributed by atoms with Crippen molar-refractivity contribution in [3.63, 3.8) is 0 Å². The first-order valence-electron chi connectivity index (χ1n) is 9.17. The zero-order chi connectivity index (χ0) is 19.9. The Bertz CT molecular complexity index is 1090. The lowest BCUT2D eigenvalue weighted by atomic mass is 10.2. The van der Waals surface area contributed by atoms with Crippen molar-refractivity contribution >= 4 is 39.2 Å². The molecule has 0 aliphatic rings. The molecule has 29 heavy (non-hydrogen) atoms. The Morgan fingerprint density at radius 1 is 1.03 bits per heavy atom. The van der Waals surface area contributed by atoms with Crippen LogP contribution in [0.1, 0.15) is 0 Å². The highest BCUT2D eigenvalue weighted by atomic mass is 32.2. The summed E-state index contributed by atoms with van der Waals surface area (Å²) in [6.45, 7) is 0.896. The summed E-state index contributed by atoms with van der Waals surface area (Å²) < 4.78 is 5.58. The molecule has 0 saturated heterocycles. The van der Waals surface area contributed by atoms with E-state index in [-0.39, 0.29) is 5.91 Å². The maximum Gasteiger partial charge on any atom is 0.230 e. The number of amides is 1. The molecule has 0 spiro atoms. The third kappa shape index (κ3) is 5.13. The molecular formula is C22H19N3O2S2. The Hall–Kier alpha value is -2.90. The van der Waals surface area contributed by atoms with E-state index in [1.54, 1.807) is 17.7 Å². The molecule has 0 atom stereocenters. The first-order chi connectivity index (χ1) is 14.3. The van der Waals surface area contributed by atoms with Crippen LogP contribution in [0.15, 0.2) is 78.1 Å². The minimum Gasteiger partial charge on any atom is -0.492 e. The predicted molar refractivity (Wildman–Crippen MR) is 119 cm³/mol. The van der Waals surface area contributed by atoms with Gasteiger partial charge in [0, 0.05) is 10.3 Å². The Labute approximate surface area is 177 Å². The molecule has 146 valence electrons. The molecule has 0 fully saturated rings. The summed E-state index contributed by atoms with van der Waals surface area (Å²) in [5.41, 5.74) is 1.16. The maximum atomic E-state index is 12.2. The third-order valence-corrected chi connectivity index (χ3v) is 6.22. The van der Waals surface area contributed by atoms with Gasteiger partial charge in [0.05, 0.1) is 12.3 Å². The van der Waals surface area contributed by atoms with Gasteiger partial charge in [-0.15, -0.1) is 11.3 Å². The second-order valence-corrected chi connectivity index (χ2v) is 8.17. The number of para-hydroxylation sites is 1. The minimum atomic E-state index is -0.0445. The van der Waals surface area contributed by atoms with E-state index < -0.39 is 0 Å². The lowest BCUT2D eigenvalue weighted by molar-refractivity contribution is -0.118. The topological polar surface area (TPSA) is 64.1 Å². The number of benzene rings is 2. The van der Waals surface area contributed by atoms with Crippen molar-refractivity contribution in [3.05, 3.63) is 73.1 Å². The highest BCUT2D eigenvalue weighted by molar-refractivity contribution is 8.00. The van der Waals surface area contributed by atoms with Crippen molar-refractivity contribution < 1.29 is 9.53 Å². The van der Waals surface area contributed by atoms with Crippen LogP contribution in [0.4, 0.5) is 0 Å². The average molecular weight is 422 g/mol. The van der Waals surface area contributed by atoms with E-state index in [4.69, 9.17) is 4.74 Å². The summed E-state index contributed by atoms with van der Waals surface area (Å²) in [7, 11) is 0. The summed E-state index contributed by atoms with van der Waals surface area (Å²) in [4.78, 5) is 23.0. The van der Waals surface area contributed by atoms with E-state index in [0.717, 1.165) is 31.4 Å². The highest BCUT2D eigenvalue weighted by Crippen LogP contribution is 2.35. The number of thiophene rings is 1. The summed E-state index contributed by atoms with van der Waals surface area (Å²) in [5, 5.41) is 4.69. The summed E-state index contributed by atoms with van der Waals surface area (Å²) in [6, 6.07) is 21.9. The zero-order valence-electron chi connectivity index (χ0n) is 15.6. The predicted octanol–water partition coefficient (Wildman–Crippen LogP) is 4.65. The fraction of sp³-hybridized carbons (Fsp3) is 0.136. The molecule has 5 nitrogen and oxygen atoms in total. The van der Waals surface area contributed by atoms with E-state index in [9.17, 15) is 4.79 Å². The van der Waals surface area contributed by atoms with Crippen LogP contribution in [0.5, 0.6) is 5.75 Å². The number of thioether (sulfide) groups is 1. The summed E-state index contributed by atoms with van der Waals surface area (Å²) in [6.07, 6.45) is 1.56. The number of nitrogens with zero attached hydrogens (tertiary/aromatic N) is 2. The molecule has 2 heterocycles. The summed E-state index contributed by atoms with van der Waals surface area (Å²) in [5.74, 6) is 1.05. The molecule has 7 heteroatoms. The first kappa shape index (κ1) is 19.4. The SMILES string of the molecule is O=C(CSc1ncnc2sc(-c3ccccc3)cc12)NCCOc1ccccc1. The van der Waals surface area contributed by atoms with Gasteiger partial charge < -0.3 is 10.1 Å². The van der Waals surface area contributed by atoms with Gasteiger partial charge in [0.25, 0.3) is 0 Å². The van der Waals surface area contributed by atoms with Crippen LogP contribution in [0.25, 0.3) is 20.7 Å². The maximum absolute atomic E-state index is 12.2. The van der Waals surface area contributed by atoms with Crippen molar-refractivity contribution in [2.45, 2.75) is 5.03 Å². The fourth-order valence-corrected chi connectivity index (χ4v) is 4.63.